The van der Waals surface area contributed by atoms with E-state index in [1.54, 1.807) is 24.4 Å². The van der Waals surface area contributed by atoms with Gasteiger partial charge in [0, 0.05) is 37.0 Å². The van der Waals surface area contributed by atoms with E-state index in [-0.39, 0.29) is 19.1 Å². The van der Waals surface area contributed by atoms with Gasteiger partial charge in [-0.1, -0.05) is 29.8 Å². The van der Waals surface area contributed by atoms with Crippen molar-refractivity contribution in [1.29, 1.82) is 0 Å². The van der Waals surface area contributed by atoms with Crippen molar-refractivity contribution in [1.82, 2.24) is 4.98 Å². The molecule has 0 saturated carbocycles. The van der Waals surface area contributed by atoms with Crippen molar-refractivity contribution in [2.24, 2.45) is 5.10 Å². The lowest BCUT2D eigenvalue weighted by molar-refractivity contribution is -0.612. The number of nitrogens with zero attached hydrogens (tertiary/aromatic N) is 4. The van der Waals surface area contributed by atoms with Crippen LogP contribution in [0.1, 0.15) is 11.1 Å². The van der Waals surface area contributed by atoms with Crippen molar-refractivity contribution in [3.05, 3.63) is 77.1 Å². The summed E-state index contributed by atoms with van der Waals surface area (Å²) in [4.78, 5) is 6.73. The Labute approximate surface area is 192 Å². The first kappa shape index (κ1) is 22.3. The van der Waals surface area contributed by atoms with Crippen LogP contribution in [0.15, 0.2) is 65.9 Å². The smallest absolute Gasteiger partial charge is 0.379 e. The Kier molecular flexibility index (Phi) is 7.55. The number of morpholine rings is 1. The van der Waals surface area contributed by atoms with E-state index < -0.39 is 0 Å². The van der Waals surface area contributed by atoms with Crippen molar-refractivity contribution < 1.29 is 18.9 Å². The third kappa shape index (κ3) is 6.56. The highest BCUT2D eigenvalue weighted by atomic mass is 16.6. The van der Waals surface area contributed by atoms with Crippen LogP contribution in [0.2, 0.25) is 0 Å². The molecule has 0 aliphatic carbocycles. The molecule has 1 aromatic carbocycles. The lowest BCUT2D eigenvalue weighted by atomic mass is 10.2. The molecular formula is C24H27N5O4. The van der Waals surface area contributed by atoms with Gasteiger partial charge in [0.1, 0.15) is 13.2 Å². The van der Waals surface area contributed by atoms with E-state index in [2.05, 4.69) is 26.5 Å². The van der Waals surface area contributed by atoms with Gasteiger partial charge >= 0.3 is 5.88 Å². The number of hydrogen-bond donors (Lipinski definition) is 1. The van der Waals surface area contributed by atoms with Gasteiger partial charge in [-0.15, -0.1) is 4.73 Å². The van der Waals surface area contributed by atoms with E-state index in [4.69, 9.17) is 14.2 Å². The second kappa shape index (κ2) is 11.1. The molecule has 3 aromatic rings. The number of nitrogens with one attached hydrogen (secondary N) is 1. The topological polar surface area (TPSA) is 95.2 Å². The summed E-state index contributed by atoms with van der Waals surface area (Å²) in [7, 11) is 0. The maximum Gasteiger partial charge on any atom is 0.379 e. The summed E-state index contributed by atoms with van der Waals surface area (Å²) >= 11 is 0. The summed E-state index contributed by atoms with van der Waals surface area (Å²) in [6, 6.07) is 16.9. The Morgan fingerprint density at radius 1 is 1.12 bits per heavy atom. The summed E-state index contributed by atoms with van der Waals surface area (Å²) < 4.78 is 17.5. The monoisotopic (exact) mass is 449 g/mol. The molecule has 0 atom stereocenters. The zero-order valence-corrected chi connectivity index (χ0v) is 18.5. The Morgan fingerprint density at radius 3 is 2.79 bits per heavy atom. The fourth-order valence-corrected chi connectivity index (χ4v) is 3.37. The molecule has 1 aliphatic rings. The number of benzene rings is 1. The molecule has 0 bridgehead atoms. The van der Waals surface area contributed by atoms with Crippen LogP contribution in [-0.4, -0.2) is 50.7 Å². The average molecular weight is 450 g/mol. The molecule has 1 N–H and O–H groups in total. The van der Waals surface area contributed by atoms with E-state index in [1.165, 1.54) is 11.8 Å². The van der Waals surface area contributed by atoms with E-state index in [0.717, 1.165) is 24.3 Å². The quantitative estimate of drug-likeness (QED) is 0.176. The fraction of sp³-hybridized carbons (Fsp3) is 0.292. The molecule has 2 aromatic heterocycles. The lowest BCUT2D eigenvalue weighted by Gasteiger charge is -2.29. The zero-order valence-electron chi connectivity index (χ0n) is 18.5. The van der Waals surface area contributed by atoms with Crippen molar-refractivity contribution in [2.45, 2.75) is 6.92 Å². The molecule has 9 heteroatoms. The minimum absolute atomic E-state index is 0.212. The van der Waals surface area contributed by atoms with Crippen LogP contribution < -0.4 is 24.5 Å². The number of ether oxygens (including phenoxy) is 3. The standard InChI is InChI=1S/C24H27N5O4/c1-19-5-4-6-20(15-19)18-25-27-22-16-21(28-9-11-31-12-10-28)17-23(26-22)32-13-14-33-24-7-2-3-8-29(24)30/h2-8,15-18H,9-14H2,1H3,(H,26,27). The highest BCUT2D eigenvalue weighted by molar-refractivity contribution is 5.80. The average Bonchev–Trinajstić information content (AvgIpc) is 2.83. The number of aryl methyl sites for hydroxylation is 1. The SMILES string of the molecule is Cc1cccc(C=NNc2cc(N3CCOCC3)cc(OCCOc3cccc[n+]3[O-])n2)c1. The summed E-state index contributed by atoms with van der Waals surface area (Å²) in [5, 5.41) is 16.0. The molecule has 172 valence electrons. The van der Waals surface area contributed by atoms with Gasteiger partial charge < -0.3 is 24.3 Å². The van der Waals surface area contributed by atoms with Crippen molar-refractivity contribution in [2.75, 3.05) is 49.8 Å². The highest BCUT2D eigenvalue weighted by Crippen LogP contribution is 2.25. The molecule has 3 heterocycles. The Hall–Kier alpha value is -3.85. The molecule has 0 radical (unpaired) electrons. The zero-order chi connectivity index (χ0) is 22.9. The minimum atomic E-state index is 0.212. The van der Waals surface area contributed by atoms with E-state index in [0.29, 0.717) is 29.6 Å². The van der Waals surface area contributed by atoms with Crippen LogP contribution in [0.3, 0.4) is 0 Å². The van der Waals surface area contributed by atoms with Gasteiger partial charge in [-0.3, -0.25) is 5.43 Å². The van der Waals surface area contributed by atoms with Gasteiger partial charge in [0.25, 0.3) is 0 Å². The first-order valence-corrected chi connectivity index (χ1v) is 10.8. The Balaban J connectivity index is 1.42. The Morgan fingerprint density at radius 2 is 1.97 bits per heavy atom. The fourth-order valence-electron chi connectivity index (χ4n) is 3.37. The van der Waals surface area contributed by atoms with Crippen LogP contribution >= 0.6 is 0 Å². The largest absolute Gasteiger partial charge is 0.616 e. The molecule has 9 nitrogen and oxygen atoms in total. The summed E-state index contributed by atoms with van der Waals surface area (Å²) in [5.41, 5.74) is 6.14. The third-order valence-corrected chi connectivity index (χ3v) is 4.97. The second-order valence-corrected chi connectivity index (χ2v) is 7.49. The summed E-state index contributed by atoms with van der Waals surface area (Å²) in [5.74, 6) is 1.24. The molecular weight excluding hydrogens is 422 g/mol. The molecule has 0 amide bonds. The number of aromatic nitrogens is 2. The maximum absolute atomic E-state index is 11.7. The van der Waals surface area contributed by atoms with E-state index >= 15 is 0 Å². The van der Waals surface area contributed by atoms with Crippen LogP contribution in [0.25, 0.3) is 0 Å². The van der Waals surface area contributed by atoms with Gasteiger partial charge in [-0.2, -0.15) is 10.1 Å². The number of anilines is 2. The molecule has 0 spiro atoms. The van der Waals surface area contributed by atoms with Gasteiger partial charge in [-0.05, 0) is 18.6 Å². The summed E-state index contributed by atoms with van der Waals surface area (Å²) in [6.07, 6.45) is 3.14. The highest BCUT2D eigenvalue weighted by Gasteiger charge is 2.14. The normalized spacial score (nSPS) is 13.8. The van der Waals surface area contributed by atoms with Gasteiger partial charge in [0.15, 0.2) is 12.0 Å². The number of pyridine rings is 2. The number of hydrazone groups is 1. The summed E-state index contributed by atoms with van der Waals surface area (Å²) in [6.45, 7) is 5.41. The van der Waals surface area contributed by atoms with Crippen LogP contribution in [0.5, 0.6) is 11.8 Å². The van der Waals surface area contributed by atoms with Gasteiger partial charge in [-0.25, -0.2) is 0 Å². The molecule has 0 unspecified atom stereocenters. The number of hydrogen-bond acceptors (Lipinski definition) is 8. The van der Waals surface area contributed by atoms with E-state index in [1.807, 2.05) is 37.3 Å². The number of rotatable bonds is 9. The minimum Gasteiger partial charge on any atom is -0.616 e. The van der Waals surface area contributed by atoms with Crippen LogP contribution in [-0.2, 0) is 4.74 Å². The second-order valence-electron chi connectivity index (χ2n) is 7.49. The van der Waals surface area contributed by atoms with Crippen molar-refractivity contribution >= 4 is 17.7 Å². The van der Waals surface area contributed by atoms with Gasteiger partial charge in [0.05, 0.1) is 25.5 Å². The van der Waals surface area contributed by atoms with Crippen LogP contribution in [0, 0.1) is 12.1 Å². The maximum atomic E-state index is 11.7. The Bertz CT molecular complexity index is 1090. The van der Waals surface area contributed by atoms with Gasteiger partial charge in [0.2, 0.25) is 5.88 Å². The van der Waals surface area contributed by atoms with Crippen molar-refractivity contribution in [3.8, 4) is 11.8 Å². The van der Waals surface area contributed by atoms with E-state index in [9.17, 15) is 5.21 Å². The predicted octanol–water partition coefficient (Wildman–Crippen LogP) is 2.76. The first-order valence-electron chi connectivity index (χ1n) is 10.8. The first-order chi connectivity index (χ1) is 16.2. The van der Waals surface area contributed by atoms with Crippen molar-refractivity contribution in [3.63, 3.8) is 0 Å². The molecule has 1 aliphatic heterocycles. The van der Waals surface area contributed by atoms with Crippen LogP contribution in [0.4, 0.5) is 11.5 Å². The molecule has 1 saturated heterocycles. The molecule has 33 heavy (non-hydrogen) atoms. The third-order valence-electron chi connectivity index (χ3n) is 4.97. The molecule has 1 fully saturated rings. The molecule has 4 rings (SSSR count). The predicted molar refractivity (Wildman–Crippen MR) is 126 cm³/mol. The lowest BCUT2D eigenvalue weighted by Crippen LogP contribution is -2.36.